The van der Waals surface area contributed by atoms with Crippen molar-refractivity contribution in [3.05, 3.63) is 54.0 Å². The predicted molar refractivity (Wildman–Crippen MR) is 95.3 cm³/mol. The van der Waals surface area contributed by atoms with Gasteiger partial charge in [0.2, 0.25) is 0 Å². The molecule has 130 valence electrons. The van der Waals surface area contributed by atoms with Gasteiger partial charge < -0.3 is 14.6 Å². The molecule has 3 aromatic heterocycles. The van der Waals surface area contributed by atoms with Crippen LogP contribution in [0, 0.1) is 0 Å². The van der Waals surface area contributed by atoms with Crippen molar-refractivity contribution in [2.45, 2.75) is 20.4 Å². The van der Waals surface area contributed by atoms with E-state index in [1.807, 2.05) is 12.1 Å². The molecule has 3 rings (SSSR count). The van der Waals surface area contributed by atoms with Crippen LogP contribution in [0.25, 0.3) is 11.5 Å². The highest BCUT2D eigenvalue weighted by molar-refractivity contribution is 5.93. The summed E-state index contributed by atoms with van der Waals surface area (Å²) in [7, 11) is 0. The standard InChI is InChI=1S/C18H21N5O2/c1-3-23(4-2)17-8-7-13(11-19-17)12-20-18(24)15-10-14(21-22-15)16-6-5-9-25-16/h5-11H,3-4,12H2,1-2H3,(H,20,24)(H,21,22). The van der Waals surface area contributed by atoms with Gasteiger partial charge in [0, 0.05) is 31.9 Å². The lowest BCUT2D eigenvalue weighted by Gasteiger charge is -2.19. The van der Waals surface area contributed by atoms with Crippen molar-refractivity contribution in [1.82, 2.24) is 20.5 Å². The first-order valence-corrected chi connectivity index (χ1v) is 8.28. The zero-order chi connectivity index (χ0) is 17.6. The first-order valence-electron chi connectivity index (χ1n) is 8.28. The smallest absolute Gasteiger partial charge is 0.272 e. The zero-order valence-corrected chi connectivity index (χ0v) is 14.3. The normalized spacial score (nSPS) is 10.6. The van der Waals surface area contributed by atoms with Crippen LogP contribution in [0.5, 0.6) is 0 Å². The van der Waals surface area contributed by atoms with Crippen molar-refractivity contribution >= 4 is 11.7 Å². The summed E-state index contributed by atoms with van der Waals surface area (Å²) in [6.45, 7) is 6.42. The van der Waals surface area contributed by atoms with Crippen molar-refractivity contribution < 1.29 is 9.21 Å². The number of carbonyl (C=O) groups excluding carboxylic acids is 1. The first-order chi connectivity index (χ1) is 12.2. The number of anilines is 1. The maximum absolute atomic E-state index is 12.2. The van der Waals surface area contributed by atoms with E-state index in [9.17, 15) is 4.79 Å². The molecule has 25 heavy (non-hydrogen) atoms. The van der Waals surface area contributed by atoms with E-state index in [-0.39, 0.29) is 5.91 Å². The van der Waals surface area contributed by atoms with E-state index in [1.165, 1.54) is 0 Å². The maximum atomic E-state index is 12.2. The van der Waals surface area contributed by atoms with E-state index in [1.54, 1.807) is 30.7 Å². The second-order valence-electron chi connectivity index (χ2n) is 5.52. The minimum atomic E-state index is -0.248. The van der Waals surface area contributed by atoms with E-state index in [0.29, 0.717) is 23.7 Å². The highest BCUT2D eigenvalue weighted by atomic mass is 16.3. The first kappa shape index (κ1) is 16.8. The number of nitrogens with one attached hydrogen (secondary N) is 2. The van der Waals surface area contributed by atoms with Gasteiger partial charge in [-0.05, 0) is 37.6 Å². The SMILES string of the molecule is CCN(CC)c1ccc(CNC(=O)c2cc(-c3ccco3)[nH]n2)cn1. The largest absolute Gasteiger partial charge is 0.463 e. The number of aromatic amines is 1. The van der Waals surface area contributed by atoms with E-state index < -0.39 is 0 Å². The molecule has 0 radical (unpaired) electrons. The van der Waals surface area contributed by atoms with Crippen LogP contribution in [0.1, 0.15) is 29.9 Å². The molecule has 0 unspecified atom stereocenters. The maximum Gasteiger partial charge on any atom is 0.272 e. The number of hydrogen-bond acceptors (Lipinski definition) is 5. The van der Waals surface area contributed by atoms with Crippen LogP contribution >= 0.6 is 0 Å². The van der Waals surface area contributed by atoms with Crippen LogP contribution in [0.2, 0.25) is 0 Å². The fraction of sp³-hybridized carbons (Fsp3) is 0.278. The van der Waals surface area contributed by atoms with Gasteiger partial charge in [0.25, 0.3) is 5.91 Å². The molecule has 0 aromatic carbocycles. The van der Waals surface area contributed by atoms with Crippen LogP contribution < -0.4 is 10.2 Å². The summed E-state index contributed by atoms with van der Waals surface area (Å²) in [6.07, 6.45) is 3.36. The molecule has 7 heteroatoms. The molecular weight excluding hydrogens is 318 g/mol. The van der Waals surface area contributed by atoms with Crippen molar-refractivity contribution in [3.8, 4) is 11.5 Å². The van der Waals surface area contributed by atoms with Crippen LogP contribution in [0.3, 0.4) is 0 Å². The van der Waals surface area contributed by atoms with Gasteiger partial charge in [-0.2, -0.15) is 5.10 Å². The Labute approximate surface area is 146 Å². The van der Waals surface area contributed by atoms with Gasteiger partial charge in [-0.15, -0.1) is 0 Å². The van der Waals surface area contributed by atoms with Crippen LogP contribution in [-0.2, 0) is 6.54 Å². The monoisotopic (exact) mass is 339 g/mol. The average Bonchev–Trinajstić information content (AvgIpc) is 3.33. The highest BCUT2D eigenvalue weighted by Gasteiger charge is 2.12. The molecule has 0 atom stereocenters. The summed E-state index contributed by atoms with van der Waals surface area (Å²) in [5.41, 5.74) is 1.92. The van der Waals surface area contributed by atoms with Gasteiger partial charge in [0.1, 0.15) is 11.5 Å². The lowest BCUT2D eigenvalue weighted by molar-refractivity contribution is 0.0946. The van der Waals surface area contributed by atoms with Gasteiger partial charge in [-0.1, -0.05) is 6.07 Å². The molecule has 3 heterocycles. The van der Waals surface area contributed by atoms with Crippen molar-refractivity contribution in [2.24, 2.45) is 0 Å². The Morgan fingerprint density at radius 2 is 2.12 bits per heavy atom. The van der Waals surface area contributed by atoms with Gasteiger partial charge in [-0.25, -0.2) is 4.98 Å². The number of hydrogen-bond donors (Lipinski definition) is 2. The summed E-state index contributed by atoms with van der Waals surface area (Å²) in [4.78, 5) is 18.8. The highest BCUT2D eigenvalue weighted by Crippen LogP contribution is 2.17. The second-order valence-corrected chi connectivity index (χ2v) is 5.52. The lowest BCUT2D eigenvalue weighted by atomic mass is 10.2. The van der Waals surface area contributed by atoms with E-state index in [0.717, 1.165) is 24.5 Å². The van der Waals surface area contributed by atoms with Crippen LogP contribution in [0.4, 0.5) is 5.82 Å². The Hall–Kier alpha value is -3.09. The van der Waals surface area contributed by atoms with Gasteiger partial charge in [-0.3, -0.25) is 9.89 Å². The van der Waals surface area contributed by atoms with Crippen LogP contribution in [-0.4, -0.2) is 34.2 Å². The fourth-order valence-electron chi connectivity index (χ4n) is 2.52. The molecule has 0 bridgehead atoms. The third-order valence-electron chi connectivity index (χ3n) is 3.95. The molecule has 0 aliphatic rings. The molecule has 0 spiro atoms. The Bertz CT molecular complexity index is 804. The molecule has 0 saturated heterocycles. The third-order valence-corrected chi connectivity index (χ3v) is 3.95. The summed E-state index contributed by atoms with van der Waals surface area (Å²) in [5, 5.41) is 9.67. The van der Waals surface area contributed by atoms with Crippen molar-refractivity contribution in [1.29, 1.82) is 0 Å². The number of furan rings is 1. The van der Waals surface area contributed by atoms with Gasteiger partial charge in [0.05, 0.1) is 6.26 Å². The van der Waals surface area contributed by atoms with Gasteiger partial charge >= 0.3 is 0 Å². The molecule has 3 aromatic rings. The average molecular weight is 339 g/mol. The molecule has 2 N–H and O–H groups in total. The molecule has 1 amide bonds. The molecule has 0 saturated carbocycles. The number of rotatable bonds is 7. The quantitative estimate of drug-likeness (QED) is 0.691. The van der Waals surface area contributed by atoms with E-state index >= 15 is 0 Å². The summed E-state index contributed by atoms with van der Waals surface area (Å²) in [5.74, 6) is 1.33. The fourth-order valence-corrected chi connectivity index (χ4v) is 2.52. The van der Waals surface area contributed by atoms with Crippen LogP contribution in [0.15, 0.2) is 47.2 Å². The minimum Gasteiger partial charge on any atom is -0.463 e. The molecular formula is C18H21N5O2. The van der Waals surface area contributed by atoms with Gasteiger partial charge in [0.15, 0.2) is 11.5 Å². The van der Waals surface area contributed by atoms with Crippen molar-refractivity contribution in [3.63, 3.8) is 0 Å². The Morgan fingerprint density at radius 1 is 1.28 bits per heavy atom. The summed E-state index contributed by atoms with van der Waals surface area (Å²) in [6, 6.07) is 9.19. The van der Waals surface area contributed by atoms with Crippen molar-refractivity contribution in [2.75, 3.05) is 18.0 Å². The second kappa shape index (κ2) is 7.65. The number of H-pyrrole nitrogens is 1. The number of carbonyl (C=O) groups is 1. The number of aromatic nitrogens is 3. The zero-order valence-electron chi connectivity index (χ0n) is 14.3. The Kier molecular flexibility index (Phi) is 5.13. The predicted octanol–water partition coefficient (Wildman–Crippen LogP) is 2.84. The van der Waals surface area contributed by atoms with E-state index in [4.69, 9.17) is 4.42 Å². The number of nitrogens with zero attached hydrogens (tertiary/aromatic N) is 3. The number of pyridine rings is 1. The lowest BCUT2D eigenvalue weighted by Crippen LogP contribution is -2.24. The summed E-state index contributed by atoms with van der Waals surface area (Å²) >= 11 is 0. The minimum absolute atomic E-state index is 0.248. The Balaban J connectivity index is 1.59. The van der Waals surface area contributed by atoms with E-state index in [2.05, 4.69) is 39.2 Å². The summed E-state index contributed by atoms with van der Waals surface area (Å²) < 4.78 is 5.28. The molecule has 0 fully saturated rings. The third kappa shape index (κ3) is 3.88. The topological polar surface area (TPSA) is 87.0 Å². The molecule has 0 aliphatic heterocycles. The Morgan fingerprint density at radius 3 is 2.76 bits per heavy atom. The molecule has 0 aliphatic carbocycles. The number of amides is 1. The molecule has 7 nitrogen and oxygen atoms in total.